The fourth-order valence-electron chi connectivity index (χ4n) is 1.34. The van der Waals surface area contributed by atoms with Gasteiger partial charge in [-0.2, -0.15) is 5.10 Å². The summed E-state index contributed by atoms with van der Waals surface area (Å²) in [5, 5.41) is 50.0. The summed E-state index contributed by atoms with van der Waals surface area (Å²) in [7, 11) is 0. The summed E-state index contributed by atoms with van der Waals surface area (Å²) in [6.45, 7) is -0.723. The third-order valence-electron chi connectivity index (χ3n) is 2.55. The average Bonchev–Trinajstić information content (AvgIpc) is 2.46. The topological polar surface area (TPSA) is 126 Å². The van der Waals surface area contributed by atoms with Crippen LogP contribution in [0.3, 0.4) is 0 Å². The van der Waals surface area contributed by atoms with Crippen LogP contribution in [-0.4, -0.2) is 62.8 Å². The number of nitrogens with zero attached hydrogens (tertiary/aromatic N) is 1. The van der Waals surface area contributed by atoms with Gasteiger partial charge in [-0.1, -0.05) is 15.9 Å². The Morgan fingerprint density at radius 1 is 1.10 bits per heavy atom. The Balaban J connectivity index is 2.50. The van der Waals surface area contributed by atoms with E-state index in [4.69, 9.17) is 10.2 Å². The van der Waals surface area contributed by atoms with E-state index in [9.17, 15) is 15.3 Å². The second-order valence-electron chi connectivity index (χ2n) is 4.12. The number of nitrogens with one attached hydrogen (secondary N) is 1. The standard InChI is InChI=1S/C12H17BrN2O5/c13-7-1-3-8(4-2-7)15-14-5-9(17)11(19)12(20)10(18)6-16/h1-5,9-12,15-20H,6H2/t9-,10-,11-,12-/m1/s1. The molecule has 20 heavy (non-hydrogen) atoms. The highest BCUT2D eigenvalue weighted by Crippen LogP contribution is 2.13. The minimum atomic E-state index is -1.67. The normalized spacial score (nSPS) is 17.7. The minimum absolute atomic E-state index is 0.669. The molecule has 1 aromatic carbocycles. The summed E-state index contributed by atoms with van der Waals surface area (Å²) in [6, 6.07) is 7.08. The van der Waals surface area contributed by atoms with Crippen LogP contribution in [0.25, 0.3) is 0 Å². The predicted octanol–water partition coefficient (Wildman–Crippen LogP) is -0.717. The lowest BCUT2D eigenvalue weighted by Gasteiger charge is -2.23. The molecule has 4 atom stereocenters. The van der Waals surface area contributed by atoms with E-state index >= 15 is 0 Å². The summed E-state index contributed by atoms with van der Waals surface area (Å²) in [6.07, 6.45) is -5.37. The molecule has 1 aromatic rings. The number of halogens is 1. The Hall–Kier alpha value is -1.03. The number of rotatable bonds is 7. The highest BCUT2D eigenvalue weighted by molar-refractivity contribution is 9.10. The van der Waals surface area contributed by atoms with Gasteiger partial charge < -0.3 is 25.5 Å². The second-order valence-corrected chi connectivity index (χ2v) is 5.03. The highest BCUT2D eigenvalue weighted by Gasteiger charge is 2.29. The molecule has 0 saturated heterocycles. The number of hydrazone groups is 1. The molecule has 0 unspecified atom stereocenters. The van der Waals surface area contributed by atoms with Gasteiger partial charge in [0.2, 0.25) is 0 Å². The highest BCUT2D eigenvalue weighted by atomic mass is 79.9. The van der Waals surface area contributed by atoms with E-state index in [1.807, 2.05) is 0 Å². The van der Waals surface area contributed by atoms with Gasteiger partial charge in [0, 0.05) is 4.47 Å². The van der Waals surface area contributed by atoms with Crippen LogP contribution in [0.1, 0.15) is 0 Å². The Kier molecular flexibility index (Phi) is 7.06. The Morgan fingerprint density at radius 2 is 1.70 bits per heavy atom. The van der Waals surface area contributed by atoms with Gasteiger partial charge in [-0.15, -0.1) is 0 Å². The zero-order chi connectivity index (χ0) is 15.1. The van der Waals surface area contributed by atoms with E-state index in [1.165, 1.54) is 0 Å². The largest absolute Gasteiger partial charge is 0.394 e. The van der Waals surface area contributed by atoms with Crippen molar-refractivity contribution in [3.05, 3.63) is 28.7 Å². The van der Waals surface area contributed by atoms with Gasteiger partial charge in [0.05, 0.1) is 18.5 Å². The van der Waals surface area contributed by atoms with Crippen molar-refractivity contribution in [2.45, 2.75) is 24.4 Å². The lowest BCUT2D eigenvalue weighted by atomic mass is 10.0. The predicted molar refractivity (Wildman–Crippen MR) is 77.4 cm³/mol. The van der Waals surface area contributed by atoms with Crippen molar-refractivity contribution in [3.63, 3.8) is 0 Å². The summed E-state index contributed by atoms with van der Waals surface area (Å²) < 4.78 is 0.906. The first-order chi connectivity index (χ1) is 9.45. The molecule has 7 nitrogen and oxygen atoms in total. The fraction of sp³-hybridized carbons (Fsp3) is 0.417. The van der Waals surface area contributed by atoms with Gasteiger partial charge in [-0.3, -0.25) is 5.43 Å². The molecular weight excluding hydrogens is 332 g/mol. The maximum atomic E-state index is 9.56. The molecule has 0 fully saturated rings. The van der Waals surface area contributed by atoms with Gasteiger partial charge in [0.25, 0.3) is 0 Å². The molecule has 0 heterocycles. The number of anilines is 1. The summed E-state index contributed by atoms with van der Waals surface area (Å²) in [4.78, 5) is 0. The smallest absolute Gasteiger partial charge is 0.119 e. The van der Waals surface area contributed by atoms with E-state index in [-0.39, 0.29) is 0 Å². The van der Waals surface area contributed by atoms with Gasteiger partial charge >= 0.3 is 0 Å². The van der Waals surface area contributed by atoms with Gasteiger partial charge in [0.1, 0.15) is 24.4 Å². The summed E-state index contributed by atoms with van der Waals surface area (Å²) >= 11 is 3.28. The monoisotopic (exact) mass is 348 g/mol. The Labute approximate surface area is 124 Å². The average molecular weight is 349 g/mol. The van der Waals surface area contributed by atoms with Crippen molar-refractivity contribution >= 4 is 27.8 Å². The molecule has 0 spiro atoms. The lowest BCUT2D eigenvalue weighted by Crippen LogP contribution is -2.46. The minimum Gasteiger partial charge on any atom is -0.394 e. The van der Waals surface area contributed by atoms with Crippen molar-refractivity contribution in [2.75, 3.05) is 12.0 Å². The number of aliphatic hydroxyl groups is 5. The van der Waals surface area contributed by atoms with Crippen molar-refractivity contribution in [3.8, 4) is 0 Å². The lowest BCUT2D eigenvalue weighted by molar-refractivity contribution is -0.0999. The van der Waals surface area contributed by atoms with Crippen LogP contribution in [0, 0.1) is 0 Å². The maximum absolute atomic E-state index is 9.56. The van der Waals surface area contributed by atoms with Crippen LogP contribution in [-0.2, 0) is 0 Å². The van der Waals surface area contributed by atoms with E-state index in [2.05, 4.69) is 26.5 Å². The van der Waals surface area contributed by atoms with Crippen molar-refractivity contribution in [2.24, 2.45) is 5.10 Å². The van der Waals surface area contributed by atoms with Crippen LogP contribution in [0.15, 0.2) is 33.8 Å². The molecule has 0 saturated carbocycles. The van der Waals surface area contributed by atoms with Crippen LogP contribution in [0.5, 0.6) is 0 Å². The summed E-state index contributed by atoms with van der Waals surface area (Å²) in [5.41, 5.74) is 3.29. The molecule has 112 valence electrons. The first-order valence-corrected chi connectivity index (χ1v) is 6.63. The molecule has 0 aliphatic carbocycles. The molecular formula is C12H17BrN2O5. The van der Waals surface area contributed by atoms with Gasteiger partial charge in [0.15, 0.2) is 0 Å². The Bertz CT molecular complexity index is 428. The van der Waals surface area contributed by atoms with Crippen molar-refractivity contribution < 1.29 is 25.5 Å². The third kappa shape index (κ3) is 5.16. The van der Waals surface area contributed by atoms with Crippen molar-refractivity contribution in [1.82, 2.24) is 0 Å². The molecule has 0 bridgehead atoms. The zero-order valence-electron chi connectivity index (χ0n) is 10.5. The second kappa shape index (κ2) is 8.30. The zero-order valence-corrected chi connectivity index (χ0v) is 12.1. The first-order valence-electron chi connectivity index (χ1n) is 5.83. The van der Waals surface area contributed by atoms with Crippen molar-refractivity contribution in [1.29, 1.82) is 0 Å². The number of benzene rings is 1. The maximum Gasteiger partial charge on any atom is 0.119 e. The van der Waals surface area contributed by atoms with Crippen LogP contribution >= 0.6 is 15.9 Å². The van der Waals surface area contributed by atoms with E-state index in [1.54, 1.807) is 24.3 Å². The quantitative estimate of drug-likeness (QED) is 0.285. The van der Waals surface area contributed by atoms with E-state index < -0.39 is 31.0 Å². The van der Waals surface area contributed by atoms with E-state index in [0.717, 1.165) is 10.7 Å². The molecule has 0 aliphatic rings. The molecule has 8 heteroatoms. The summed E-state index contributed by atoms with van der Waals surface area (Å²) in [5.74, 6) is 0. The molecule has 6 N–H and O–H groups in total. The molecule has 1 rings (SSSR count). The van der Waals surface area contributed by atoms with Gasteiger partial charge in [-0.25, -0.2) is 0 Å². The molecule has 0 aliphatic heterocycles. The third-order valence-corrected chi connectivity index (χ3v) is 3.07. The SMILES string of the molecule is OC[C@@H](O)[C@@H](O)[C@H](O)[C@H](O)C=NNc1ccc(Br)cc1. The number of hydrogen-bond acceptors (Lipinski definition) is 7. The van der Waals surface area contributed by atoms with Crippen LogP contribution in [0.4, 0.5) is 5.69 Å². The molecule has 0 amide bonds. The fourth-order valence-corrected chi connectivity index (χ4v) is 1.60. The molecule has 0 aromatic heterocycles. The van der Waals surface area contributed by atoms with Crippen LogP contribution < -0.4 is 5.43 Å². The van der Waals surface area contributed by atoms with Crippen LogP contribution in [0.2, 0.25) is 0 Å². The van der Waals surface area contributed by atoms with Gasteiger partial charge in [-0.05, 0) is 24.3 Å². The molecule has 0 radical (unpaired) electrons. The van der Waals surface area contributed by atoms with E-state index in [0.29, 0.717) is 5.69 Å². The Morgan fingerprint density at radius 3 is 2.25 bits per heavy atom. The first kappa shape index (κ1) is 17.0. The number of hydrogen-bond donors (Lipinski definition) is 6. The number of aliphatic hydroxyl groups excluding tert-OH is 5.